The van der Waals surface area contributed by atoms with Crippen molar-refractivity contribution in [2.45, 2.75) is 4.90 Å². The molecule has 0 aliphatic heterocycles. The Morgan fingerprint density at radius 1 is 1.08 bits per heavy atom. The Morgan fingerprint density at radius 3 is 2.46 bits per heavy atom. The van der Waals surface area contributed by atoms with E-state index in [0.29, 0.717) is 11.4 Å². The van der Waals surface area contributed by atoms with Crippen LogP contribution >= 0.6 is 11.8 Å². The molecule has 2 rings (SSSR count). The molecule has 0 radical (unpaired) electrons. The summed E-state index contributed by atoms with van der Waals surface area (Å²) in [7, 11) is 1.57. The predicted molar refractivity (Wildman–Crippen MR) is 94.0 cm³/mol. The average molecular weight is 343 g/mol. The molecule has 0 aromatic heterocycles. The zero-order chi connectivity index (χ0) is 17.2. The molecule has 6 heteroatoms. The molecule has 0 saturated heterocycles. The van der Waals surface area contributed by atoms with Gasteiger partial charge in [-0.05, 0) is 41.8 Å². The molecule has 2 aromatic rings. The quantitative estimate of drug-likeness (QED) is 0.474. The highest BCUT2D eigenvalue weighted by Crippen LogP contribution is 2.18. The van der Waals surface area contributed by atoms with Crippen LogP contribution in [0.1, 0.15) is 0 Å². The molecule has 0 unspecified atom stereocenters. The van der Waals surface area contributed by atoms with Crippen LogP contribution in [0.4, 0.5) is 5.69 Å². The number of amides is 1. The van der Waals surface area contributed by atoms with Gasteiger partial charge < -0.3 is 14.8 Å². The minimum absolute atomic E-state index is 0.342. The lowest BCUT2D eigenvalue weighted by Crippen LogP contribution is -2.20. The van der Waals surface area contributed by atoms with Crippen LogP contribution in [0.3, 0.4) is 0 Å². The van der Waals surface area contributed by atoms with E-state index in [1.807, 2.05) is 30.3 Å². The van der Waals surface area contributed by atoms with Gasteiger partial charge in [0.05, 0.1) is 7.11 Å². The summed E-state index contributed by atoms with van der Waals surface area (Å²) in [6.07, 6.45) is 1.29. The van der Waals surface area contributed by atoms with Gasteiger partial charge in [0.25, 0.3) is 5.91 Å². The van der Waals surface area contributed by atoms with Crippen LogP contribution in [0.15, 0.2) is 71.0 Å². The summed E-state index contributed by atoms with van der Waals surface area (Å²) < 4.78 is 9.91. The number of thioether (sulfide) groups is 1. The summed E-state index contributed by atoms with van der Waals surface area (Å²) in [5, 5.41) is 4.25. The summed E-state index contributed by atoms with van der Waals surface area (Å²) in [5.41, 5.74) is 0.604. The van der Waals surface area contributed by atoms with Crippen LogP contribution in [0.25, 0.3) is 0 Å². The minimum atomic E-state index is -0.566. The van der Waals surface area contributed by atoms with Crippen LogP contribution in [-0.2, 0) is 14.3 Å². The molecular formula is C18H17NO4S. The number of rotatable bonds is 7. The predicted octanol–water partition coefficient (Wildman–Crippen LogP) is 3.48. The normalized spacial score (nSPS) is 10.4. The Hall–Kier alpha value is -2.73. The van der Waals surface area contributed by atoms with Gasteiger partial charge in [-0.1, -0.05) is 30.0 Å². The van der Waals surface area contributed by atoms with Crippen molar-refractivity contribution in [3.63, 3.8) is 0 Å². The maximum Gasteiger partial charge on any atom is 0.331 e. The smallest absolute Gasteiger partial charge is 0.331 e. The summed E-state index contributed by atoms with van der Waals surface area (Å²) in [4.78, 5) is 24.3. The number of nitrogens with one attached hydrogen (secondary N) is 1. The Bertz CT molecular complexity index is 699. The summed E-state index contributed by atoms with van der Waals surface area (Å²) in [5.74, 6) is -0.276. The number of anilines is 1. The number of carbonyl (C=O) groups excluding carboxylic acids is 2. The summed E-state index contributed by atoms with van der Waals surface area (Å²) >= 11 is 1.40. The fourth-order valence-corrected chi connectivity index (χ4v) is 2.37. The molecule has 2 aromatic carbocycles. The fourth-order valence-electron chi connectivity index (χ4n) is 1.72. The average Bonchev–Trinajstić information content (AvgIpc) is 2.61. The Labute approximate surface area is 144 Å². The maximum absolute atomic E-state index is 11.7. The first kappa shape index (κ1) is 17.6. The SMILES string of the molecule is COc1ccc(NC(=O)COC(=O)/C=C/Sc2ccccc2)cc1. The van der Waals surface area contributed by atoms with Gasteiger partial charge in [0.15, 0.2) is 6.61 Å². The number of ether oxygens (including phenoxy) is 2. The topological polar surface area (TPSA) is 64.6 Å². The van der Waals surface area contributed by atoms with E-state index < -0.39 is 11.9 Å². The molecule has 0 fully saturated rings. The van der Waals surface area contributed by atoms with Gasteiger partial charge in [0.1, 0.15) is 5.75 Å². The molecule has 0 bridgehead atoms. The second-order valence-corrected chi connectivity index (χ2v) is 5.60. The molecule has 5 nitrogen and oxygen atoms in total. The number of esters is 1. The van der Waals surface area contributed by atoms with E-state index in [0.717, 1.165) is 4.90 Å². The van der Waals surface area contributed by atoms with Crippen molar-refractivity contribution in [3.8, 4) is 5.75 Å². The largest absolute Gasteiger partial charge is 0.497 e. The van der Waals surface area contributed by atoms with Crippen molar-refractivity contribution in [2.75, 3.05) is 19.0 Å². The summed E-state index contributed by atoms with van der Waals surface area (Å²) in [6, 6.07) is 16.5. The van der Waals surface area contributed by atoms with E-state index in [1.165, 1.54) is 17.8 Å². The third-order valence-corrected chi connectivity index (χ3v) is 3.69. The van der Waals surface area contributed by atoms with Gasteiger partial charge in [-0.2, -0.15) is 0 Å². The Kier molecular flexibility index (Phi) is 6.91. The highest BCUT2D eigenvalue weighted by Gasteiger charge is 2.05. The molecule has 0 aliphatic rings. The third-order valence-electron chi connectivity index (χ3n) is 2.87. The number of methoxy groups -OCH3 is 1. The first-order chi connectivity index (χ1) is 11.7. The second kappa shape index (κ2) is 9.42. The van der Waals surface area contributed by atoms with Crippen molar-refractivity contribution in [2.24, 2.45) is 0 Å². The number of benzene rings is 2. The van der Waals surface area contributed by atoms with Crippen molar-refractivity contribution in [1.82, 2.24) is 0 Å². The summed E-state index contributed by atoms with van der Waals surface area (Å²) in [6.45, 7) is -0.342. The number of carbonyl (C=O) groups is 2. The second-order valence-electron chi connectivity index (χ2n) is 4.62. The van der Waals surface area contributed by atoms with E-state index in [4.69, 9.17) is 9.47 Å². The van der Waals surface area contributed by atoms with Gasteiger partial charge in [-0.15, -0.1) is 0 Å². The highest BCUT2D eigenvalue weighted by molar-refractivity contribution is 8.02. The van der Waals surface area contributed by atoms with Gasteiger partial charge in [0.2, 0.25) is 0 Å². The fraction of sp³-hybridized carbons (Fsp3) is 0.111. The van der Waals surface area contributed by atoms with Crippen LogP contribution in [0, 0.1) is 0 Å². The molecule has 1 amide bonds. The Morgan fingerprint density at radius 2 is 1.79 bits per heavy atom. The van der Waals surface area contributed by atoms with E-state index in [-0.39, 0.29) is 6.61 Å². The van der Waals surface area contributed by atoms with Gasteiger partial charge in [0, 0.05) is 16.7 Å². The van der Waals surface area contributed by atoms with Crippen LogP contribution < -0.4 is 10.1 Å². The molecule has 0 heterocycles. The van der Waals surface area contributed by atoms with Crippen LogP contribution in [0.2, 0.25) is 0 Å². The van der Waals surface area contributed by atoms with Crippen LogP contribution in [-0.4, -0.2) is 25.6 Å². The van der Waals surface area contributed by atoms with E-state index in [1.54, 1.807) is 36.8 Å². The minimum Gasteiger partial charge on any atom is -0.497 e. The number of hydrogen-bond donors (Lipinski definition) is 1. The van der Waals surface area contributed by atoms with E-state index >= 15 is 0 Å². The standard InChI is InChI=1S/C18H17NO4S/c1-22-15-9-7-14(8-10-15)19-17(20)13-23-18(21)11-12-24-16-5-3-2-4-6-16/h2-12H,13H2,1H3,(H,19,20)/b12-11+. The Balaban J connectivity index is 1.71. The van der Waals surface area contributed by atoms with Crippen molar-refractivity contribution in [1.29, 1.82) is 0 Å². The van der Waals surface area contributed by atoms with Crippen LogP contribution in [0.5, 0.6) is 5.75 Å². The van der Waals surface area contributed by atoms with Gasteiger partial charge >= 0.3 is 5.97 Å². The van der Waals surface area contributed by atoms with Gasteiger partial charge in [-0.3, -0.25) is 4.79 Å². The third kappa shape index (κ3) is 6.18. The lowest BCUT2D eigenvalue weighted by molar-refractivity contribution is -0.142. The highest BCUT2D eigenvalue weighted by atomic mass is 32.2. The lowest BCUT2D eigenvalue weighted by atomic mass is 10.3. The molecule has 1 N–H and O–H groups in total. The molecule has 0 spiro atoms. The van der Waals surface area contributed by atoms with Crippen molar-refractivity contribution >= 4 is 29.3 Å². The lowest BCUT2D eigenvalue weighted by Gasteiger charge is -2.06. The monoisotopic (exact) mass is 343 g/mol. The maximum atomic E-state index is 11.7. The molecule has 24 heavy (non-hydrogen) atoms. The molecule has 0 atom stereocenters. The van der Waals surface area contributed by atoms with Crippen molar-refractivity contribution < 1.29 is 19.1 Å². The zero-order valence-corrected chi connectivity index (χ0v) is 13.9. The molecule has 124 valence electrons. The molecular weight excluding hydrogens is 326 g/mol. The van der Waals surface area contributed by atoms with E-state index in [9.17, 15) is 9.59 Å². The van der Waals surface area contributed by atoms with Crippen molar-refractivity contribution in [3.05, 3.63) is 66.1 Å². The first-order valence-electron chi connectivity index (χ1n) is 7.16. The number of hydrogen-bond acceptors (Lipinski definition) is 5. The zero-order valence-electron chi connectivity index (χ0n) is 13.1. The van der Waals surface area contributed by atoms with E-state index in [2.05, 4.69) is 5.32 Å². The van der Waals surface area contributed by atoms with Gasteiger partial charge in [-0.25, -0.2) is 4.79 Å². The first-order valence-corrected chi connectivity index (χ1v) is 8.04. The molecule has 0 aliphatic carbocycles. The molecule has 0 saturated carbocycles.